The molecule has 1 amide bonds. The summed E-state index contributed by atoms with van der Waals surface area (Å²) in [6, 6.07) is 15.3. The highest BCUT2D eigenvalue weighted by Crippen LogP contribution is 2.32. The van der Waals surface area contributed by atoms with Gasteiger partial charge in [-0.05, 0) is 30.2 Å². The minimum Gasteiger partial charge on any atom is -0.454 e. The molecule has 0 radical (unpaired) electrons. The Kier molecular flexibility index (Phi) is 5.10. The molecule has 1 aliphatic heterocycles. The molecule has 2 aromatic heterocycles. The zero-order valence-corrected chi connectivity index (χ0v) is 17.6. The Morgan fingerprint density at radius 1 is 1.09 bits per heavy atom. The van der Waals surface area contributed by atoms with E-state index in [4.69, 9.17) is 9.47 Å². The highest BCUT2D eigenvalue weighted by molar-refractivity contribution is 5.93. The van der Waals surface area contributed by atoms with Gasteiger partial charge in [0, 0.05) is 24.8 Å². The van der Waals surface area contributed by atoms with Crippen LogP contribution in [-0.2, 0) is 24.4 Å². The molecule has 2 aromatic carbocycles. The lowest BCUT2D eigenvalue weighted by Crippen LogP contribution is -2.28. The first-order valence-corrected chi connectivity index (χ1v) is 10.4. The molecule has 32 heavy (non-hydrogen) atoms. The fourth-order valence-corrected chi connectivity index (χ4v) is 3.86. The van der Waals surface area contributed by atoms with Crippen molar-refractivity contribution in [1.82, 2.24) is 19.4 Å². The molecular weight excluding hydrogens is 408 g/mol. The minimum atomic E-state index is -0.203. The molecule has 8 nitrogen and oxygen atoms in total. The molecule has 8 heteroatoms. The number of ether oxygens (including phenoxy) is 2. The molecular formula is C24H22N4O4. The predicted molar refractivity (Wildman–Crippen MR) is 120 cm³/mol. The van der Waals surface area contributed by atoms with E-state index in [1.807, 2.05) is 61.7 Å². The molecule has 0 bridgehead atoms. The Labute approximate surface area is 184 Å². The van der Waals surface area contributed by atoms with Gasteiger partial charge in [0.15, 0.2) is 11.5 Å². The van der Waals surface area contributed by atoms with Crippen LogP contribution in [0.25, 0.3) is 22.2 Å². The highest BCUT2D eigenvalue weighted by Gasteiger charge is 2.18. The van der Waals surface area contributed by atoms with Crippen molar-refractivity contribution >= 4 is 16.9 Å². The molecule has 0 spiro atoms. The average molecular weight is 430 g/mol. The molecule has 162 valence electrons. The van der Waals surface area contributed by atoms with Crippen molar-refractivity contribution in [3.63, 3.8) is 0 Å². The van der Waals surface area contributed by atoms with E-state index in [0.717, 1.165) is 16.7 Å². The van der Waals surface area contributed by atoms with Crippen LogP contribution in [-0.4, -0.2) is 26.8 Å². The summed E-state index contributed by atoms with van der Waals surface area (Å²) in [6.45, 7) is 2.96. The number of benzene rings is 2. The first-order chi connectivity index (χ1) is 15.6. The summed E-state index contributed by atoms with van der Waals surface area (Å²) >= 11 is 0. The lowest BCUT2D eigenvalue weighted by atomic mass is 10.1. The summed E-state index contributed by atoms with van der Waals surface area (Å²) in [5.41, 5.74) is 3.52. The van der Waals surface area contributed by atoms with Gasteiger partial charge in [0.1, 0.15) is 17.6 Å². The summed E-state index contributed by atoms with van der Waals surface area (Å²) < 4.78 is 13.9. The molecule has 0 saturated heterocycles. The molecule has 0 unspecified atom stereocenters. The number of hydrogen-bond acceptors (Lipinski definition) is 5. The van der Waals surface area contributed by atoms with E-state index in [2.05, 4.69) is 10.3 Å². The third-order valence-electron chi connectivity index (χ3n) is 5.51. The van der Waals surface area contributed by atoms with Gasteiger partial charge in [-0.3, -0.25) is 14.2 Å². The first-order valence-electron chi connectivity index (χ1n) is 10.4. The maximum Gasteiger partial charge on any atom is 0.277 e. The average Bonchev–Trinajstić information content (AvgIpc) is 3.43. The lowest BCUT2D eigenvalue weighted by Gasteiger charge is -2.08. The molecule has 1 N–H and O–H groups in total. The van der Waals surface area contributed by atoms with E-state index in [1.165, 1.54) is 4.57 Å². The van der Waals surface area contributed by atoms with Crippen LogP contribution in [0.4, 0.5) is 0 Å². The van der Waals surface area contributed by atoms with Gasteiger partial charge in [0.2, 0.25) is 12.7 Å². The van der Waals surface area contributed by atoms with Gasteiger partial charge in [-0.15, -0.1) is 0 Å². The van der Waals surface area contributed by atoms with Gasteiger partial charge in [0.05, 0.1) is 6.33 Å². The molecule has 4 aromatic rings. The van der Waals surface area contributed by atoms with Gasteiger partial charge < -0.3 is 19.4 Å². The van der Waals surface area contributed by atoms with E-state index in [0.29, 0.717) is 35.6 Å². The van der Waals surface area contributed by atoms with Crippen molar-refractivity contribution in [2.24, 2.45) is 0 Å². The number of aromatic nitrogens is 3. The van der Waals surface area contributed by atoms with Crippen LogP contribution in [0.3, 0.4) is 0 Å². The molecule has 0 atom stereocenters. The molecule has 0 aliphatic carbocycles. The van der Waals surface area contributed by atoms with Crippen molar-refractivity contribution in [2.75, 3.05) is 6.79 Å². The smallest absolute Gasteiger partial charge is 0.277 e. The Bertz CT molecular complexity index is 1360. The molecule has 1 aliphatic rings. The zero-order valence-electron chi connectivity index (χ0n) is 17.6. The van der Waals surface area contributed by atoms with Gasteiger partial charge in [-0.1, -0.05) is 36.4 Å². The summed E-state index contributed by atoms with van der Waals surface area (Å²) in [4.78, 5) is 30.3. The van der Waals surface area contributed by atoms with Crippen molar-refractivity contribution < 1.29 is 14.3 Å². The van der Waals surface area contributed by atoms with Gasteiger partial charge in [0.25, 0.3) is 5.56 Å². The van der Waals surface area contributed by atoms with Crippen molar-refractivity contribution in [3.8, 4) is 22.6 Å². The largest absolute Gasteiger partial charge is 0.454 e. The number of nitrogens with zero attached hydrogens (tertiary/aromatic N) is 3. The maximum absolute atomic E-state index is 13.0. The topological polar surface area (TPSA) is 87.4 Å². The van der Waals surface area contributed by atoms with Crippen LogP contribution in [0.1, 0.15) is 12.5 Å². The number of aryl methyl sites for hydroxylation is 1. The van der Waals surface area contributed by atoms with Crippen molar-refractivity contribution in [3.05, 3.63) is 77.0 Å². The second kappa shape index (κ2) is 8.22. The summed E-state index contributed by atoms with van der Waals surface area (Å²) in [5.74, 6) is 1.17. The molecule has 3 heterocycles. The monoisotopic (exact) mass is 430 g/mol. The predicted octanol–water partition coefficient (Wildman–Crippen LogP) is 2.93. The number of nitrogens with one attached hydrogen (secondary N) is 1. The number of amides is 1. The fraction of sp³-hybridized carbons (Fsp3) is 0.208. The SMILES string of the molecule is CCn1cnc2c(-c3ccccc3)cn(CC(=O)NCc3ccc4c(c3)OCO4)c2c1=O. The van der Waals surface area contributed by atoms with Gasteiger partial charge >= 0.3 is 0 Å². The third kappa shape index (κ3) is 3.60. The zero-order chi connectivity index (χ0) is 22.1. The molecule has 0 fully saturated rings. The van der Waals surface area contributed by atoms with E-state index in [1.54, 1.807) is 10.9 Å². The van der Waals surface area contributed by atoms with Crippen LogP contribution in [0, 0.1) is 0 Å². The van der Waals surface area contributed by atoms with Crippen LogP contribution < -0.4 is 20.3 Å². The highest BCUT2D eigenvalue weighted by atomic mass is 16.7. The number of carbonyl (C=O) groups is 1. The Balaban J connectivity index is 1.43. The van der Waals surface area contributed by atoms with E-state index >= 15 is 0 Å². The summed E-state index contributed by atoms with van der Waals surface area (Å²) in [7, 11) is 0. The number of rotatable bonds is 6. The van der Waals surface area contributed by atoms with Crippen LogP contribution in [0.2, 0.25) is 0 Å². The first kappa shape index (κ1) is 19.9. The van der Waals surface area contributed by atoms with Gasteiger partial charge in [-0.2, -0.15) is 0 Å². The third-order valence-corrected chi connectivity index (χ3v) is 5.51. The normalized spacial score (nSPS) is 12.3. The molecule has 0 saturated carbocycles. The quantitative estimate of drug-likeness (QED) is 0.508. The summed E-state index contributed by atoms with van der Waals surface area (Å²) in [5, 5.41) is 2.92. The minimum absolute atomic E-state index is 0.0124. The Morgan fingerprint density at radius 2 is 1.91 bits per heavy atom. The molecule has 5 rings (SSSR count). The maximum atomic E-state index is 13.0. The number of fused-ring (bicyclic) bond motifs is 2. The fourth-order valence-electron chi connectivity index (χ4n) is 3.86. The van der Waals surface area contributed by atoms with E-state index in [9.17, 15) is 9.59 Å². The van der Waals surface area contributed by atoms with E-state index < -0.39 is 0 Å². The lowest BCUT2D eigenvalue weighted by molar-refractivity contribution is -0.121. The Hall–Kier alpha value is -4.07. The van der Waals surface area contributed by atoms with Crippen molar-refractivity contribution in [2.45, 2.75) is 26.6 Å². The van der Waals surface area contributed by atoms with E-state index in [-0.39, 0.29) is 24.8 Å². The van der Waals surface area contributed by atoms with Gasteiger partial charge in [-0.25, -0.2) is 4.98 Å². The van der Waals surface area contributed by atoms with Crippen molar-refractivity contribution in [1.29, 1.82) is 0 Å². The number of carbonyl (C=O) groups excluding carboxylic acids is 1. The number of hydrogen-bond donors (Lipinski definition) is 1. The summed E-state index contributed by atoms with van der Waals surface area (Å²) in [6.07, 6.45) is 3.38. The standard InChI is InChI=1S/C24H22N4O4/c1-2-27-14-26-22-18(17-6-4-3-5-7-17)12-28(23(22)24(27)30)13-21(29)25-11-16-8-9-19-20(10-16)32-15-31-19/h3-10,12,14H,2,11,13,15H2,1H3,(H,25,29). The van der Waals surface area contributed by atoms with Crippen LogP contribution in [0.15, 0.2) is 65.8 Å². The second-order valence-electron chi connectivity index (χ2n) is 7.53. The Morgan fingerprint density at radius 3 is 2.72 bits per heavy atom. The second-order valence-corrected chi connectivity index (χ2v) is 7.53. The van der Waals surface area contributed by atoms with Crippen LogP contribution >= 0.6 is 0 Å². The van der Waals surface area contributed by atoms with Crippen LogP contribution in [0.5, 0.6) is 11.5 Å².